The molecule has 0 unspecified atom stereocenters. The van der Waals surface area contributed by atoms with E-state index < -0.39 is 5.97 Å². The number of carbonyl (C=O) groups excluding carboxylic acids is 2. The topological polar surface area (TPSA) is 84.5 Å². The number of esters is 1. The highest BCUT2D eigenvalue weighted by molar-refractivity contribution is 5.98. The lowest BCUT2D eigenvalue weighted by molar-refractivity contribution is 0.0515. The summed E-state index contributed by atoms with van der Waals surface area (Å²) < 4.78 is 10.8. The van der Waals surface area contributed by atoms with E-state index >= 15 is 0 Å². The van der Waals surface area contributed by atoms with Crippen LogP contribution in [0.3, 0.4) is 0 Å². The van der Waals surface area contributed by atoms with Crippen LogP contribution >= 0.6 is 0 Å². The fraction of sp³-hybridized carbons (Fsp3) is 0.500. The first-order valence-electron chi connectivity index (χ1n) is 10.2. The molecule has 7 nitrogen and oxygen atoms in total. The lowest BCUT2D eigenvalue weighted by atomic mass is 9.89. The van der Waals surface area contributed by atoms with Crippen LogP contribution in [0.4, 0.5) is 0 Å². The number of H-pyrrole nitrogens is 1. The Bertz CT molecular complexity index is 846. The molecule has 1 aliphatic heterocycles. The van der Waals surface area contributed by atoms with E-state index in [2.05, 4.69) is 15.1 Å². The molecule has 7 heteroatoms. The maximum Gasteiger partial charge on any atom is 0.356 e. The third-order valence-corrected chi connectivity index (χ3v) is 4.96. The molecule has 0 aliphatic carbocycles. The van der Waals surface area contributed by atoms with Gasteiger partial charge in [0.15, 0.2) is 5.78 Å². The van der Waals surface area contributed by atoms with Crippen LogP contribution in [0.1, 0.15) is 60.0 Å². The van der Waals surface area contributed by atoms with Gasteiger partial charge in [0.05, 0.1) is 18.9 Å². The van der Waals surface area contributed by atoms with E-state index in [0.29, 0.717) is 31.0 Å². The van der Waals surface area contributed by atoms with Crippen molar-refractivity contribution in [3.8, 4) is 5.75 Å². The predicted molar refractivity (Wildman–Crippen MR) is 109 cm³/mol. The van der Waals surface area contributed by atoms with Crippen LogP contribution < -0.4 is 4.74 Å². The highest BCUT2D eigenvalue weighted by atomic mass is 16.5. The zero-order valence-electron chi connectivity index (χ0n) is 17.3. The van der Waals surface area contributed by atoms with Crippen molar-refractivity contribution in [3.05, 3.63) is 47.3 Å². The Labute approximate surface area is 171 Å². The number of carbonyl (C=O) groups is 2. The van der Waals surface area contributed by atoms with E-state index in [1.807, 2.05) is 38.1 Å². The number of aromatic nitrogens is 2. The average molecular weight is 399 g/mol. The van der Waals surface area contributed by atoms with Gasteiger partial charge in [0.2, 0.25) is 0 Å². The highest BCUT2D eigenvalue weighted by Gasteiger charge is 2.28. The van der Waals surface area contributed by atoms with Gasteiger partial charge in [-0.3, -0.25) is 14.8 Å². The average Bonchev–Trinajstić information content (AvgIpc) is 3.16. The van der Waals surface area contributed by atoms with Crippen molar-refractivity contribution in [2.24, 2.45) is 5.92 Å². The number of benzene rings is 1. The number of ketones is 1. The minimum absolute atomic E-state index is 0.0640. The van der Waals surface area contributed by atoms with Gasteiger partial charge in [-0.1, -0.05) is 12.1 Å². The quantitative estimate of drug-likeness (QED) is 0.540. The number of nitrogens with one attached hydrogen (secondary N) is 1. The molecule has 156 valence electrons. The van der Waals surface area contributed by atoms with Crippen molar-refractivity contribution in [3.63, 3.8) is 0 Å². The Balaban J connectivity index is 1.66. The Morgan fingerprint density at radius 1 is 1.34 bits per heavy atom. The maximum atomic E-state index is 13.1. The van der Waals surface area contributed by atoms with Crippen LogP contribution in [0.2, 0.25) is 0 Å². The number of rotatable bonds is 8. The molecule has 1 aliphatic rings. The van der Waals surface area contributed by atoms with Crippen molar-refractivity contribution in [1.82, 2.24) is 15.1 Å². The molecule has 1 saturated heterocycles. The number of piperidine rings is 1. The number of likely N-dealkylation sites (tertiary alicyclic amines) is 1. The van der Waals surface area contributed by atoms with Crippen LogP contribution in [0.15, 0.2) is 30.5 Å². The van der Waals surface area contributed by atoms with Gasteiger partial charge in [0, 0.05) is 30.1 Å². The maximum absolute atomic E-state index is 13.1. The summed E-state index contributed by atoms with van der Waals surface area (Å²) in [5, 5.41) is 6.72. The second kappa shape index (κ2) is 9.69. The summed E-state index contributed by atoms with van der Waals surface area (Å²) in [7, 11) is 0. The molecule has 1 N–H and O–H groups in total. The molecular weight excluding hydrogens is 370 g/mol. The van der Waals surface area contributed by atoms with Crippen LogP contribution in [-0.4, -0.2) is 52.7 Å². The molecule has 2 aromatic rings. The van der Waals surface area contributed by atoms with E-state index in [9.17, 15) is 9.59 Å². The number of nitrogens with zero attached hydrogens (tertiary/aromatic N) is 2. The van der Waals surface area contributed by atoms with E-state index in [4.69, 9.17) is 9.47 Å². The largest absolute Gasteiger partial charge is 0.491 e. The molecule has 2 heterocycles. The van der Waals surface area contributed by atoms with Gasteiger partial charge in [0.25, 0.3) is 0 Å². The standard InChI is InChI=1S/C22H29N3O4/c1-4-28-22(27)20-18(12-23-24-20)14-25-10-6-8-17(13-25)21(26)16-7-5-9-19(11-16)29-15(2)3/h5,7,9,11-12,15,17H,4,6,8,10,13-14H2,1-3H3,(H,23,24)/t17-/m1/s1. The van der Waals surface area contributed by atoms with E-state index in [-0.39, 0.29) is 17.8 Å². The first-order chi connectivity index (χ1) is 14.0. The summed E-state index contributed by atoms with van der Waals surface area (Å²) in [6, 6.07) is 7.42. The van der Waals surface area contributed by atoms with Gasteiger partial charge in [-0.2, -0.15) is 5.10 Å². The Morgan fingerprint density at radius 2 is 2.17 bits per heavy atom. The zero-order valence-corrected chi connectivity index (χ0v) is 17.3. The summed E-state index contributed by atoms with van der Waals surface area (Å²) >= 11 is 0. The molecular formula is C22H29N3O4. The van der Waals surface area contributed by atoms with Crippen molar-refractivity contribution in [2.45, 2.75) is 46.3 Å². The van der Waals surface area contributed by atoms with Crippen LogP contribution in [0.5, 0.6) is 5.75 Å². The molecule has 0 radical (unpaired) electrons. The first-order valence-corrected chi connectivity index (χ1v) is 10.2. The van der Waals surface area contributed by atoms with Gasteiger partial charge in [0.1, 0.15) is 11.4 Å². The second-order valence-electron chi connectivity index (χ2n) is 7.62. The molecule has 0 saturated carbocycles. The van der Waals surface area contributed by atoms with Crippen molar-refractivity contribution >= 4 is 11.8 Å². The van der Waals surface area contributed by atoms with Crippen molar-refractivity contribution < 1.29 is 19.1 Å². The van der Waals surface area contributed by atoms with E-state index in [1.54, 1.807) is 13.1 Å². The van der Waals surface area contributed by atoms with Gasteiger partial charge < -0.3 is 9.47 Å². The summed E-state index contributed by atoms with van der Waals surface area (Å²) in [6.45, 7) is 8.12. The van der Waals surface area contributed by atoms with Crippen LogP contribution in [-0.2, 0) is 11.3 Å². The molecule has 3 rings (SSSR count). The van der Waals surface area contributed by atoms with Gasteiger partial charge in [-0.25, -0.2) is 4.79 Å². The lowest BCUT2D eigenvalue weighted by Crippen LogP contribution is -2.38. The Kier molecular flexibility index (Phi) is 7.04. The van der Waals surface area contributed by atoms with Crippen molar-refractivity contribution in [2.75, 3.05) is 19.7 Å². The monoisotopic (exact) mass is 399 g/mol. The van der Waals surface area contributed by atoms with Crippen LogP contribution in [0, 0.1) is 5.92 Å². The SMILES string of the molecule is CCOC(=O)c1[nH]ncc1CN1CCC[C@@H](C(=O)c2cccc(OC(C)C)c2)C1. The molecule has 1 fully saturated rings. The third-order valence-electron chi connectivity index (χ3n) is 4.96. The number of hydrogen-bond donors (Lipinski definition) is 1. The van der Waals surface area contributed by atoms with E-state index in [1.165, 1.54) is 0 Å². The summed E-state index contributed by atoms with van der Waals surface area (Å²) in [5.74, 6) is 0.389. The minimum atomic E-state index is -0.397. The summed E-state index contributed by atoms with van der Waals surface area (Å²) in [5.41, 5.74) is 1.87. The van der Waals surface area contributed by atoms with Crippen molar-refractivity contribution in [1.29, 1.82) is 0 Å². The third kappa shape index (κ3) is 5.44. The molecule has 1 atom stereocenters. The molecule has 29 heavy (non-hydrogen) atoms. The number of ether oxygens (including phenoxy) is 2. The fourth-order valence-electron chi connectivity index (χ4n) is 3.70. The molecule has 0 spiro atoms. The summed E-state index contributed by atoms with van der Waals surface area (Å²) in [6.07, 6.45) is 3.52. The lowest BCUT2D eigenvalue weighted by Gasteiger charge is -2.31. The normalized spacial score (nSPS) is 17.3. The number of hydrogen-bond acceptors (Lipinski definition) is 6. The molecule has 1 aromatic carbocycles. The fourth-order valence-corrected chi connectivity index (χ4v) is 3.70. The smallest absolute Gasteiger partial charge is 0.356 e. The van der Waals surface area contributed by atoms with Gasteiger partial charge in [-0.05, 0) is 52.3 Å². The molecule has 0 amide bonds. The van der Waals surface area contributed by atoms with Gasteiger partial charge in [-0.15, -0.1) is 0 Å². The van der Waals surface area contributed by atoms with Crippen LogP contribution in [0.25, 0.3) is 0 Å². The molecule has 0 bridgehead atoms. The minimum Gasteiger partial charge on any atom is -0.491 e. The predicted octanol–water partition coefficient (Wildman–Crippen LogP) is 3.47. The number of Topliss-reactive ketones (excluding diaryl/α,β-unsaturated/α-hetero) is 1. The number of aromatic amines is 1. The highest BCUT2D eigenvalue weighted by Crippen LogP contribution is 2.25. The second-order valence-corrected chi connectivity index (χ2v) is 7.62. The summed E-state index contributed by atoms with van der Waals surface area (Å²) in [4.78, 5) is 27.3. The van der Waals surface area contributed by atoms with E-state index in [0.717, 1.165) is 30.7 Å². The first kappa shape index (κ1) is 21.0. The van der Waals surface area contributed by atoms with Gasteiger partial charge >= 0.3 is 5.97 Å². The Morgan fingerprint density at radius 3 is 2.93 bits per heavy atom. The molecule has 1 aromatic heterocycles. The Hall–Kier alpha value is -2.67. The zero-order chi connectivity index (χ0) is 20.8.